The van der Waals surface area contributed by atoms with Crippen molar-refractivity contribution in [3.63, 3.8) is 0 Å². The van der Waals surface area contributed by atoms with Crippen LogP contribution in [-0.4, -0.2) is 106 Å². The van der Waals surface area contributed by atoms with E-state index in [1.807, 2.05) is 60.9 Å². The van der Waals surface area contributed by atoms with Gasteiger partial charge < -0.3 is 0 Å². The number of benzene rings is 16. The van der Waals surface area contributed by atoms with Gasteiger partial charge in [0.05, 0.1) is 158 Å². The zero-order valence-electron chi connectivity index (χ0n) is 74.4. The Bertz CT molecular complexity index is 10300. The van der Waals surface area contributed by atoms with E-state index in [2.05, 4.69) is 367 Å². The number of nitrogens with zero attached hydrogens (tertiary/aromatic N) is 22. The second-order valence-corrected chi connectivity index (χ2v) is 37.9. The molecule has 0 saturated heterocycles. The molecule has 26 heteroatoms. The summed E-state index contributed by atoms with van der Waals surface area (Å²) in [5, 5.41) is 36.3. The molecule has 16 aromatic carbocycles. The zero-order chi connectivity index (χ0) is 92.9. The number of aromatic nitrogens is 22. The van der Waals surface area contributed by atoms with Crippen molar-refractivity contribution in [1.82, 2.24) is 106 Å². The molecule has 0 aliphatic heterocycles. The van der Waals surface area contributed by atoms with Crippen molar-refractivity contribution in [2.75, 3.05) is 0 Å². The van der Waals surface area contributed by atoms with Crippen molar-refractivity contribution < 1.29 is 0 Å². The molecule has 0 fully saturated rings. The highest BCUT2D eigenvalue weighted by atomic mass is 32.1. The SMILES string of the molecule is c1cc(-c2cccc3c2c2ccccc2n3-n2c3ccccc3c3c(-c4cccc5nsnc45)cccc32)c2nsnc2c1.c1ccc2c(c1)c1cc(-c3nncs3)ccc1n2-n1c2ccccc2c2cc(-c3nncs3)ccc21.c1cnc2c(c1)c1ncc(-c3ccc4c5ccccc5n(-n5c6ccccc6c6ccc(-c7cnc8c9cccnc9c9ncccc9c8n7)cc65)c4c3)nc1c1cccnc12. The lowest BCUT2D eigenvalue weighted by molar-refractivity contribution is 0.775. The molecular weight excluding hydrogens is 1830 g/mol. The highest BCUT2D eigenvalue weighted by molar-refractivity contribution is 7.13. The second kappa shape index (κ2) is 31.5. The van der Waals surface area contributed by atoms with Crippen LogP contribution >= 0.6 is 46.1 Å². The molecule has 0 unspecified atom stereocenters. The van der Waals surface area contributed by atoms with Gasteiger partial charge in [0.1, 0.15) is 43.1 Å². The first-order valence-corrected chi connectivity index (χ1v) is 49.4. The Labute approximate surface area is 818 Å². The lowest BCUT2D eigenvalue weighted by Crippen LogP contribution is -2.08. The van der Waals surface area contributed by atoms with Gasteiger partial charge in [-0.25, -0.2) is 38.0 Å². The number of fused-ring (bicyclic) bond motifs is 32. The average molecular weight is 1890 g/mol. The molecular formula is C116H64N22S4. The quantitative estimate of drug-likeness (QED) is 0.122. The smallest absolute Gasteiger partial charge is 0.147 e. The molecule has 142 heavy (non-hydrogen) atoms. The number of rotatable bonds is 9. The van der Waals surface area contributed by atoms with E-state index in [0.717, 1.165) is 241 Å². The molecule has 0 bridgehead atoms. The second-order valence-electron chi connectivity index (χ2n) is 35.2. The minimum absolute atomic E-state index is 0.773. The normalized spacial score (nSPS) is 12.1. The van der Waals surface area contributed by atoms with Gasteiger partial charge >= 0.3 is 0 Å². The fraction of sp³-hybridized carbons (Fsp3) is 0. The van der Waals surface area contributed by atoms with Crippen LogP contribution in [0.4, 0.5) is 0 Å². The minimum Gasteiger partial charge on any atom is -0.254 e. The van der Waals surface area contributed by atoms with Crippen LogP contribution in [-0.2, 0) is 0 Å². The third-order valence-corrected chi connectivity index (χ3v) is 30.3. The Kier molecular flexibility index (Phi) is 17.6. The fourth-order valence-electron chi connectivity index (χ4n) is 21.7. The van der Waals surface area contributed by atoms with E-state index < -0.39 is 0 Å². The molecule has 0 N–H and O–H groups in total. The molecule has 0 atom stereocenters. The molecule has 16 aromatic heterocycles. The average Bonchev–Trinajstić information content (AvgIpc) is 1.56. The highest BCUT2D eigenvalue weighted by Crippen LogP contribution is 2.48. The molecule has 0 aliphatic rings. The summed E-state index contributed by atoms with van der Waals surface area (Å²) in [7, 11) is 0. The number of hydrogen-bond acceptors (Lipinski definition) is 20. The van der Waals surface area contributed by atoms with Crippen molar-refractivity contribution in [2.24, 2.45) is 0 Å². The van der Waals surface area contributed by atoms with E-state index in [1.165, 1.54) is 66.5 Å². The van der Waals surface area contributed by atoms with Crippen LogP contribution in [0.5, 0.6) is 0 Å². The molecule has 0 aliphatic carbocycles. The molecule has 0 radical (unpaired) electrons. The Balaban J connectivity index is 0.000000104. The van der Waals surface area contributed by atoms with Crippen LogP contribution < -0.4 is 0 Å². The predicted molar refractivity (Wildman–Crippen MR) is 578 cm³/mol. The van der Waals surface area contributed by atoms with Gasteiger partial charge in [-0.1, -0.05) is 205 Å². The van der Waals surface area contributed by atoms with Crippen molar-refractivity contribution in [3.05, 3.63) is 388 Å². The van der Waals surface area contributed by atoms with Crippen LogP contribution in [0, 0.1) is 0 Å². The van der Waals surface area contributed by atoms with E-state index in [9.17, 15) is 0 Å². The lowest BCUT2D eigenvalue weighted by Gasteiger charge is -2.14. The van der Waals surface area contributed by atoms with E-state index in [4.69, 9.17) is 29.9 Å². The van der Waals surface area contributed by atoms with Crippen LogP contribution in [0.2, 0.25) is 0 Å². The summed E-state index contributed by atoms with van der Waals surface area (Å²) in [6.07, 6.45) is 11.0. The summed E-state index contributed by atoms with van der Waals surface area (Å²) >= 11 is 5.63. The first kappa shape index (κ1) is 79.6. The summed E-state index contributed by atoms with van der Waals surface area (Å²) < 4.78 is 32.6. The number of hydrogen-bond donors (Lipinski definition) is 0. The van der Waals surface area contributed by atoms with Crippen LogP contribution in [0.1, 0.15) is 0 Å². The van der Waals surface area contributed by atoms with Gasteiger partial charge in [-0.15, -0.1) is 20.4 Å². The lowest BCUT2D eigenvalue weighted by atomic mass is 9.98. The maximum absolute atomic E-state index is 5.31. The van der Waals surface area contributed by atoms with Gasteiger partial charge in [0.15, 0.2) is 0 Å². The molecule has 0 amide bonds. The van der Waals surface area contributed by atoms with Gasteiger partial charge in [-0.3, -0.25) is 29.9 Å². The largest absolute Gasteiger partial charge is 0.254 e. The van der Waals surface area contributed by atoms with E-state index in [-0.39, 0.29) is 0 Å². The van der Waals surface area contributed by atoms with Crippen molar-refractivity contribution in [2.45, 2.75) is 0 Å². The number of pyridine rings is 4. The Morgan fingerprint density at radius 3 is 0.894 bits per heavy atom. The predicted octanol–water partition coefficient (Wildman–Crippen LogP) is 28.4. The fourth-order valence-corrected chi connectivity index (χ4v) is 23.9. The maximum atomic E-state index is 5.31. The van der Waals surface area contributed by atoms with Gasteiger partial charge in [0.2, 0.25) is 0 Å². The van der Waals surface area contributed by atoms with Crippen molar-refractivity contribution >= 4 is 265 Å². The molecule has 662 valence electrons. The topological polar surface area (TPSA) is 236 Å². The van der Waals surface area contributed by atoms with Crippen LogP contribution in [0.3, 0.4) is 0 Å². The standard InChI is InChI=1S/C52H28N10.C36H20N6S2.C28H16N6S2/c1-3-15-41-31(9-1)33-19-17-29(39-27-57-49-35-11-5-21-53-45(35)47-37(51(49)59-39)13-7-23-55-47)25-43(33)61(41)62-42-16-4-2-10-32(42)34-20-18-30(26-44(34)62)40-28-58-50-36-12-6-22-54-46(36)48-38(52(50)60-40)14-8-24-56-48;1-3-17-29-25(9-1)33-21(23-13-5-15-27-35(23)39-43-37-27)11-7-19-31(33)41(29)42-30-18-4-2-10-26(30)34-22(12-8-20-32(34)42)24-14-6-16-28-36(24)40-44-38-28;1-3-7-23-19(5-1)21-13-17(27-31-29-15-35-27)9-11-25(21)33(23)34-24-8-4-2-6-20(24)22-14-18(10-12-26(22)34)28-32-30-16-36-28/h1-28H;1-20H;1-16H. The van der Waals surface area contributed by atoms with E-state index >= 15 is 0 Å². The molecule has 22 nitrogen and oxygen atoms in total. The minimum atomic E-state index is 0.773. The summed E-state index contributed by atoms with van der Waals surface area (Å²) in [6.45, 7) is 0. The first-order chi connectivity index (χ1) is 70.5. The summed E-state index contributed by atoms with van der Waals surface area (Å²) in [6, 6.07) is 120. The van der Waals surface area contributed by atoms with E-state index in [1.54, 1.807) is 58.5 Å². The van der Waals surface area contributed by atoms with Crippen molar-refractivity contribution in [3.8, 4) is 65.9 Å². The first-order valence-electron chi connectivity index (χ1n) is 46.2. The molecule has 32 rings (SSSR count). The third kappa shape index (κ3) is 12.0. The number of para-hydroxylation sites is 6. The Morgan fingerprint density at radius 1 is 0.197 bits per heavy atom. The summed E-state index contributed by atoms with van der Waals surface area (Å²) in [5.74, 6) is 0. The van der Waals surface area contributed by atoms with Crippen LogP contribution in [0.25, 0.3) is 284 Å². The van der Waals surface area contributed by atoms with Gasteiger partial charge in [0.25, 0.3) is 0 Å². The van der Waals surface area contributed by atoms with Crippen LogP contribution in [0.15, 0.2) is 388 Å². The third-order valence-electron chi connectivity index (χ3n) is 27.7. The molecule has 0 saturated carbocycles. The molecule has 0 spiro atoms. The maximum Gasteiger partial charge on any atom is 0.147 e. The molecule has 16 heterocycles. The Hall–Kier alpha value is -18.6. The summed E-state index contributed by atoms with van der Waals surface area (Å²) in [5.41, 5.74) is 37.2. The highest BCUT2D eigenvalue weighted by Gasteiger charge is 2.28. The monoisotopic (exact) mass is 1890 g/mol. The van der Waals surface area contributed by atoms with E-state index in [0.29, 0.717) is 0 Å². The molecule has 32 aromatic rings. The Morgan fingerprint density at radius 2 is 0.500 bits per heavy atom. The van der Waals surface area contributed by atoms with Gasteiger partial charge in [-0.2, -0.15) is 17.5 Å². The summed E-state index contributed by atoms with van der Waals surface area (Å²) in [4.78, 5) is 39.5. The van der Waals surface area contributed by atoms with Gasteiger partial charge in [0, 0.05) is 144 Å². The zero-order valence-corrected chi connectivity index (χ0v) is 77.7. The van der Waals surface area contributed by atoms with Gasteiger partial charge in [-0.05, 0) is 169 Å². The van der Waals surface area contributed by atoms with Crippen molar-refractivity contribution in [1.29, 1.82) is 0 Å².